The summed E-state index contributed by atoms with van der Waals surface area (Å²) < 4.78 is 0. The standard InChI is InChI=1S/C25H21Cl/c26-20-12-10-18-11-13-23-22-9-5-4-8-21(22)19(15-25(23)24(18)16-20)14-17-6-2-1-3-7-17/h1-3,5-7,9-13,16,19H,4,8,14-15H2. The van der Waals surface area contributed by atoms with Crippen molar-refractivity contribution in [1.82, 2.24) is 0 Å². The van der Waals surface area contributed by atoms with Crippen molar-refractivity contribution in [2.45, 2.75) is 25.7 Å². The van der Waals surface area contributed by atoms with Crippen LogP contribution in [-0.4, -0.2) is 0 Å². The Balaban J connectivity index is 1.67. The van der Waals surface area contributed by atoms with E-state index in [0.29, 0.717) is 5.92 Å². The molecule has 0 aromatic heterocycles. The van der Waals surface area contributed by atoms with E-state index in [1.54, 1.807) is 5.57 Å². The van der Waals surface area contributed by atoms with Crippen molar-refractivity contribution in [1.29, 1.82) is 0 Å². The van der Waals surface area contributed by atoms with E-state index in [2.05, 4.69) is 66.7 Å². The lowest BCUT2D eigenvalue weighted by Crippen LogP contribution is -2.20. The molecule has 1 heteroatoms. The van der Waals surface area contributed by atoms with E-state index >= 15 is 0 Å². The summed E-state index contributed by atoms with van der Waals surface area (Å²) in [6.45, 7) is 0. The second kappa shape index (κ2) is 6.45. The quantitative estimate of drug-likeness (QED) is 0.463. The number of hydrogen-bond acceptors (Lipinski definition) is 0. The van der Waals surface area contributed by atoms with Gasteiger partial charge in [0, 0.05) is 5.02 Å². The Morgan fingerprint density at radius 1 is 0.962 bits per heavy atom. The molecule has 1 atom stereocenters. The number of allylic oxidation sites excluding steroid dienone is 4. The Bertz CT molecular complexity index is 1040. The molecule has 3 aromatic rings. The molecule has 0 aliphatic heterocycles. The Kier molecular flexibility index (Phi) is 3.94. The lowest BCUT2D eigenvalue weighted by Gasteiger charge is -2.32. The molecule has 0 saturated carbocycles. The molecule has 128 valence electrons. The average molecular weight is 357 g/mol. The van der Waals surface area contributed by atoms with E-state index in [9.17, 15) is 0 Å². The van der Waals surface area contributed by atoms with Crippen LogP contribution in [0.5, 0.6) is 0 Å². The molecule has 0 spiro atoms. The van der Waals surface area contributed by atoms with E-state index in [-0.39, 0.29) is 0 Å². The maximum absolute atomic E-state index is 6.34. The van der Waals surface area contributed by atoms with Gasteiger partial charge >= 0.3 is 0 Å². The Morgan fingerprint density at radius 2 is 1.81 bits per heavy atom. The zero-order valence-corrected chi connectivity index (χ0v) is 15.5. The van der Waals surface area contributed by atoms with Gasteiger partial charge in [-0.05, 0) is 76.8 Å². The summed E-state index contributed by atoms with van der Waals surface area (Å²) in [7, 11) is 0. The van der Waals surface area contributed by atoms with Gasteiger partial charge in [-0.2, -0.15) is 0 Å². The normalized spacial score (nSPS) is 18.7. The van der Waals surface area contributed by atoms with E-state index in [1.807, 2.05) is 6.07 Å². The van der Waals surface area contributed by atoms with Crippen LogP contribution in [0.15, 0.2) is 78.4 Å². The minimum atomic E-state index is 0.578. The maximum atomic E-state index is 6.34. The zero-order chi connectivity index (χ0) is 17.5. The molecule has 5 rings (SSSR count). The number of rotatable bonds is 2. The molecule has 2 aliphatic carbocycles. The Morgan fingerprint density at radius 3 is 2.69 bits per heavy atom. The molecule has 3 aromatic carbocycles. The first-order chi connectivity index (χ1) is 12.8. The molecular formula is C25H21Cl. The molecule has 26 heavy (non-hydrogen) atoms. The van der Waals surface area contributed by atoms with Gasteiger partial charge < -0.3 is 0 Å². The van der Waals surface area contributed by atoms with Crippen molar-refractivity contribution in [2.75, 3.05) is 0 Å². The van der Waals surface area contributed by atoms with Crippen LogP contribution in [0, 0.1) is 5.92 Å². The highest BCUT2D eigenvalue weighted by Crippen LogP contribution is 2.44. The van der Waals surface area contributed by atoms with Crippen LogP contribution in [0.1, 0.15) is 29.5 Å². The summed E-state index contributed by atoms with van der Waals surface area (Å²) in [5, 5.41) is 3.43. The van der Waals surface area contributed by atoms with Gasteiger partial charge in [-0.1, -0.05) is 77.9 Å². The van der Waals surface area contributed by atoms with Crippen molar-refractivity contribution in [2.24, 2.45) is 5.92 Å². The lowest BCUT2D eigenvalue weighted by molar-refractivity contribution is 0.575. The van der Waals surface area contributed by atoms with Gasteiger partial charge in [0.2, 0.25) is 0 Å². The van der Waals surface area contributed by atoms with Crippen LogP contribution in [0.4, 0.5) is 0 Å². The number of hydrogen-bond donors (Lipinski definition) is 0. The summed E-state index contributed by atoms with van der Waals surface area (Å²) in [4.78, 5) is 0. The summed E-state index contributed by atoms with van der Waals surface area (Å²) >= 11 is 6.34. The molecule has 0 radical (unpaired) electrons. The van der Waals surface area contributed by atoms with Gasteiger partial charge in [0.15, 0.2) is 0 Å². The smallest absolute Gasteiger partial charge is 0.0412 e. The predicted octanol–water partition coefficient (Wildman–Crippen LogP) is 7.01. The highest BCUT2D eigenvalue weighted by atomic mass is 35.5. The first kappa shape index (κ1) is 15.9. The maximum Gasteiger partial charge on any atom is 0.0412 e. The molecule has 0 heterocycles. The van der Waals surface area contributed by atoms with E-state index in [4.69, 9.17) is 11.6 Å². The summed E-state index contributed by atoms with van der Waals surface area (Å²) in [5.74, 6) is 0.578. The van der Waals surface area contributed by atoms with Gasteiger partial charge in [-0.15, -0.1) is 0 Å². The van der Waals surface area contributed by atoms with Crippen LogP contribution >= 0.6 is 11.6 Å². The van der Waals surface area contributed by atoms with Crippen molar-refractivity contribution >= 4 is 27.9 Å². The minimum Gasteiger partial charge on any atom is -0.0843 e. The summed E-state index contributed by atoms with van der Waals surface area (Å²) in [5.41, 5.74) is 7.41. The molecule has 2 aliphatic rings. The molecule has 0 fully saturated rings. The van der Waals surface area contributed by atoms with Gasteiger partial charge in [0.25, 0.3) is 0 Å². The monoisotopic (exact) mass is 356 g/mol. The third-order valence-electron chi connectivity index (χ3n) is 5.86. The first-order valence-corrected chi connectivity index (χ1v) is 9.82. The predicted molar refractivity (Wildman–Crippen MR) is 112 cm³/mol. The van der Waals surface area contributed by atoms with Crippen LogP contribution in [-0.2, 0) is 12.8 Å². The third kappa shape index (κ3) is 2.70. The molecular weight excluding hydrogens is 336 g/mol. The molecule has 0 nitrogen and oxygen atoms in total. The van der Waals surface area contributed by atoms with Crippen molar-refractivity contribution in [3.05, 3.63) is 100 Å². The van der Waals surface area contributed by atoms with Crippen molar-refractivity contribution in [3.8, 4) is 0 Å². The largest absolute Gasteiger partial charge is 0.0843 e. The fourth-order valence-corrected chi connectivity index (χ4v) is 4.83. The van der Waals surface area contributed by atoms with Crippen LogP contribution in [0.3, 0.4) is 0 Å². The highest BCUT2D eigenvalue weighted by molar-refractivity contribution is 6.31. The molecule has 0 N–H and O–H groups in total. The SMILES string of the molecule is Clc1ccc2ccc3c(c2c1)CC(Cc1ccccc1)C1=C3C=CCC1. The number of halogens is 1. The van der Waals surface area contributed by atoms with Crippen LogP contribution in [0.25, 0.3) is 16.3 Å². The second-order valence-electron chi connectivity index (χ2n) is 7.43. The lowest BCUT2D eigenvalue weighted by atomic mass is 9.72. The van der Waals surface area contributed by atoms with E-state index in [1.165, 1.54) is 45.9 Å². The number of benzene rings is 3. The van der Waals surface area contributed by atoms with Gasteiger partial charge in [0.1, 0.15) is 0 Å². The van der Waals surface area contributed by atoms with Gasteiger partial charge in [-0.3, -0.25) is 0 Å². The highest BCUT2D eigenvalue weighted by Gasteiger charge is 2.28. The van der Waals surface area contributed by atoms with Crippen LogP contribution < -0.4 is 0 Å². The van der Waals surface area contributed by atoms with E-state index in [0.717, 1.165) is 17.9 Å². The van der Waals surface area contributed by atoms with E-state index < -0.39 is 0 Å². The average Bonchev–Trinajstić information content (AvgIpc) is 2.69. The second-order valence-corrected chi connectivity index (χ2v) is 7.86. The minimum absolute atomic E-state index is 0.578. The summed E-state index contributed by atoms with van der Waals surface area (Å²) in [6, 6.07) is 21.8. The molecule has 0 amide bonds. The third-order valence-corrected chi connectivity index (χ3v) is 6.10. The van der Waals surface area contributed by atoms with Gasteiger partial charge in [0.05, 0.1) is 0 Å². The first-order valence-electron chi connectivity index (χ1n) is 9.44. The molecule has 1 unspecified atom stereocenters. The van der Waals surface area contributed by atoms with Gasteiger partial charge in [-0.25, -0.2) is 0 Å². The number of fused-ring (bicyclic) bond motifs is 4. The fraction of sp³-hybridized carbons (Fsp3) is 0.200. The molecule has 0 bridgehead atoms. The topological polar surface area (TPSA) is 0 Å². The Hall–Kier alpha value is -2.31. The zero-order valence-electron chi connectivity index (χ0n) is 14.7. The summed E-state index contributed by atoms with van der Waals surface area (Å²) in [6.07, 6.45) is 9.26. The fourth-order valence-electron chi connectivity index (χ4n) is 4.66. The van der Waals surface area contributed by atoms with Crippen molar-refractivity contribution < 1.29 is 0 Å². The van der Waals surface area contributed by atoms with Crippen molar-refractivity contribution in [3.63, 3.8) is 0 Å². The Labute approximate surface area is 159 Å². The van der Waals surface area contributed by atoms with Crippen LogP contribution in [0.2, 0.25) is 5.02 Å². The molecule has 0 saturated heterocycles.